The lowest BCUT2D eigenvalue weighted by atomic mass is 10.2. The Morgan fingerprint density at radius 2 is 2.24 bits per heavy atom. The number of aliphatic hydroxyl groups is 1. The van der Waals surface area contributed by atoms with Crippen molar-refractivity contribution >= 4 is 11.4 Å². The SMILES string of the molecule is CCC(O)CCNc1cc(F)cc([N+](=O)[O-])c1. The number of aliphatic hydroxyl groups excluding tert-OH is 1. The molecule has 0 aliphatic rings. The summed E-state index contributed by atoms with van der Waals surface area (Å²) in [4.78, 5) is 9.86. The zero-order valence-corrected chi connectivity index (χ0v) is 9.52. The molecule has 5 nitrogen and oxygen atoms in total. The van der Waals surface area contributed by atoms with Crippen molar-refractivity contribution in [1.82, 2.24) is 0 Å². The van der Waals surface area contributed by atoms with Crippen LogP contribution >= 0.6 is 0 Å². The van der Waals surface area contributed by atoms with Gasteiger partial charge in [-0.25, -0.2) is 4.39 Å². The predicted octanol–water partition coefficient (Wildman–Crippen LogP) is 2.31. The number of rotatable bonds is 6. The molecule has 1 atom stereocenters. The van der Waals surface area contributed by atoms with Gasteiger partial charge in [-0.1, -0.05) is 6.92 Å². The summed E-state index contributed by atoms with van der Waals surface area (Å²) in [7, 11) is 0. The maximum Gasteiger partial charge on any atom is 0.274 e. The summed E-state index contributed by atoms with van der Waals surface area (Å²) < 4.78 is 13.0. The summed E-state index contributed by atoms with van der Waals surface area (Å²) in [6.07, 6.45) is 0.747. The second-order valence-corrected chi connectivity index (χ2v) is 3.73. The van der Waals surface area contributed by atoms with Gasteiger partial charge in [0.2, 0.25) is 0 Å². The van der Waals surface area contributed by atoms with Gasteiger partial charge < -0.3 is 10.4 Å². The normalized spacial score (nSPS) is 12.2. The third-order valence-corrected chi connectivity index (χ3v) is 2.37. The molecule has 0 bridgehead atoms. The van der Waals surface area contributed by atoms with E-state index in [1.54, 1.807) is 0 Å². The fourth-order valence-corrected chi connectivity index (χ4v) is 1.37. The zero-order chi connectivity index (χ0) is 12.8. The second kappa shape index (κ2) is 6.15. The van der Waals surface area contributed by atoms with Crippen molar-refractivity contribution in [2.45, 2.75) is 25.9 Å². The van der Waals surface area contributed by atoms with Crippen LogP contribution in [0.3, 0.4) is 0 Å². The van der Waals surface area contributed by atoms with Crippen molar-refractivity contribution in [1.29, 1.82) is 0 Å². The Hall–Kier alpha value is -1.69. The van der Waals surface area contributed by atoms with Crippen LogP contribution < -0.4 is 5.32 Å². The van der Waals surface area contributed by atoms with Gasteiger partial charge in [-0.3, -0.25) is 10.1 Å². The summed E-state index contributed by atoms with van der Waals surface area (Å²) in [6, 6.07) is 3.32. The third kappa shape index (κ3) is 4.36. The summed E-state index contributed by atoms with van der Waals surface area (Å²) in [5, 5.41) is 22.7. The van der Waals surface area contributed by atoms with E-state index < -0.39 is 16.8 Å². The van der Waals surface area contributed by atoms with Crippen LogP contribution in [-0.4, -0.2) is 22.7 Å². The van der Waals surface area contributed by atoms with E-state index in [4.69, 9.17) is 0 Å². The summed E-state index contributed by atoms with van der Waals surface area (Å²) in [6.45, 7) is 2.30. The Bertz CT molecular complexity index is 398. The molecule has 0 saturated heterocycles. The molecule has 94 valence electrons. The first-order valence-corrected chi connectivity index (χ1v) is 5.40. The van der Waals surface area contributed by atoms with Crippen LogP contribution in [0.1, 0.15) is 19.8 Å². The Morgan fingerprint density at radius 1 is 1.53 bits per heavy atom. The van der Waals surface area contributed by atoms with Gasteiger partial charge in [0.15, 0.2) is 0 Å². The van der Waals surface area contributed by atoms with Crippen molar-refractivity contribution < 1.29 is 14.4 Å². The van der Waals surface area contributed by atoms with Gasteiger partial charge in [0.25, 0.3) is 5.69 Å². The van der Waals surface area contributed by atoms with Crippen molar-refractivity contribution in [3.63, 3.8) is 0 Å². The topological polar surface area (TPSA) is 75.4 Å². The number of non-ortho nitro benzene ring substituents is 1. The van der Waals surface area contributed by atoms with Crippen LogP contribution in [0.5, 0.6) is 0 Å². The van der Waals surface area contributed by atoms with Crippen LogP contribution in [-0.2, 0) is 0 Å². The molecule has 0 aliphatic heterocycles. The molecule has 0 fully saturated rings. The smallest absolute Gasteiger partial charge is 0.274 e. The van der Waals surface area contributed by atoms with Crippen LogP contribution in [0.2, 0.25) is 0 Å². The van der Waals surface area contributed by atoms with E-state index in [0.29, 0.717) is 25.1 Å². The number of nitro groups is 1. The maximum atomic E-state index is 13.0. The highest BCUT2D eigenvalue weighted by Crippen LogP contribution is 2.19. The van der Waals surface area contributed by atoms with E-state index >= 15 is 0 Å². The van der Waals surface area contributed by atoms with Crippen molar-refractivity contribution in [2.75, 3.05) is 11.9 Å². The highest BCUT2D eigenvalue weighted by Gasteiger charge is 2.09. The molecule has 0 amide bonds. The minimum atomic E-state index is -0.655. The summed E-state index contributed by atoms with van der Waals surface area (Å²) >= 11 is 0. The van der Waals surface area contributed by atoms with E-state index in [-0.39, 0.29) is 5.69 Å². The van der Waals surface area contributed by atoms with E-state index in [0.717, 1.165) is 6.07 Å². The monoisotopic (exact) mass is 242 g/mol. The van der Waals surface area contributed by atoms with Crippen LogP contribution in [0.4, 0.5) is 15.8 Å². The molecule has 0 aromatic heterocycles. The Balaban J connectivity index is 2.62. The number of hydrogen-bond acceptors (Lipinski definition) is 4. The lowest BCUT2D eigenvalue weighted by Gasteiger charge is -2.09. The highest BCUT2D eigenvalue weighted by molar-refractivity contribution is 5.51. The van der Waals surface area contributed by atoms with Crippen molar-refractivity contribution in [3.05, 3.63) is 34.1 Å². The number of nitro benzene ring substituents is 1. The standard InChI is InChI=1S/C11H15FN2O3/c1-2-11(15)3-4-13-9-5-8(12)6-10(7-9)14(16)17/h5-7,11,13,15H,2-4H2,1H3. The molecule has 17 heavy (non-hydrogen) atoms. The predicted molar refractivity (Wildman–Crippen MR) is 62.5 cm³/mol. The lowest BCUT2D eigenvalue weighted by Crippen LogP contribution is -2.12. The van der Waals surface area contributed by atoms with E-state index in [1.807, 2.05) is 6.92 Å². The summed E-state index contributed by atoms with van der Waals surface area (Å²) in [5.41, 5.74) is 0.0588. The molecular formula is C11H15FN2O3. The largest absolute Gasteiger partial charge is 0.393 e. The van der Waals surface area contributed by atoms with Gasteiger partial charge >= 0.3 is 0 Å². The first-order valence-electron chi connectivity index (χ1n) is 5.40. The Morgan fingerprint density at radius 3 is 2.82 bits per heavy atom. The van der Waals surface area contributed by atoms with Crippen LogP contribution in [0, 0.1) is 15.9 Å². The zero-order valence-electron chi connectivity index (χ0n) is 9.52. The molecule has 0 spiro atoms. The molecule has 1 unspecified atom stereocenters. The second-order valence-electron chi connectivity index (χ2n) is 3.73. The highest BCUT2D eigenvalue weighted by atomic mass is 19.1. The molecule has 6 heteroatoms. The molecular weight excluding hydrogens is 227 g/mol. The number of nitrogens with one attached hydrogen (secondary N) is 1. The van der Waals surface area contributed by atoms with Crippen LogP contribution in [0.15, 0.2) is 18.2 Å². The number of halogens is 1. The number of nitrogens with zero attached hydrogens (tertiary/aromatic N) is 1. The minimum absolute atomic E-state index is 0.288. The van der Waals surface area contributed by atoms with Crippen molar-refractivity contribution in [2.24, 2.45) is 0 Å². The fraction of sp³-hybridized carbons (Fsp3) is 0.455. The molecule has 0 saturated carbocycles. The van der Waals surface area contributed by atoms with Gasteiger partial charge in [0, 0.05) is 18.3 Å². The molecule has 1 aromatic carbocycles. The fourth-order valence-electron chi connectivity index (χ4n) is 1.37. The third-order valence-electron chi connectivity index (χ3n) is 2.37. The molecule has 1 rings (SSSR count). The van der Waals surface area contributed by atoms with Gasteiger partial charge in [-0.05, 0) is 18.9 Å². The Kier molecular flexibility index (Phi) is 4.84. The summed E-state index contributed by atoms with van der Waals surface area (Å²) in [5.74, 6) is -0.655. The maximum absolute atomic E-state index is 13.0. The number of benzene rings is 1. The molecule has 1 aromatic rings. The van der Waals surface area contributed by atoms with Gasteiger partial charge in [-0.15, -0.1) is 0 Å². The van der Waals surface area contributed by atoms with E-state index in [1.165, 1.54) is 12.1 Å². The lowest BCUT2D eigenvalue weighted by molar-refractivity contribution is -0.385. The first kappa shape index (κ1) is 13.4. The number of hydrogen-bond donors (Lipinski definition) is 2. The van der Waals surface area contributed by atoms with E-state index in [9.17, 15) is 19.6 Å². The molecule has 0 aliphatic carbocycles. The quantitative estimate of drug-likeness (QED) is 0.593. The van der Waals surface area contributed by atoms with Gasteiger partial charge in [0.05, 0.1) is 17.1 Å². The van der Waals surface area contributed by atoms with Crippen LogP contribution in [0.25, 0.3) is 0 Å². The van der Waals surface area contributed by atoms with E-state index in [2.05, 4.69) is 5.32 Å². The average Bonchev–Trinajstić information content (AvgIpc) is 2.28. The number of anilines is 1. The minimum Gasteiger partial charge on any atom is -0.393 e. The van der Waals surface area contributed by atoms with Crippen molar-refractivity contribution in [3.8, 4) is 0 Å². The van der Waals surface area contributed by atoms with Gasteiger partial charge in [-0.2, -0.15) is 0 Å². The molecule has 0 heterocycles. The molecule has 0 radical (unpaired) electrons. The Labute approximate surface area is 98.4 Å². The first-order chi connectivity index (χ1) is 8.02. The van der Waals surface area contributed by atoms with Gasteiger partial charge in [0.1, 0.15) is 5.82 Å². The average molecular weight is 242 g/mol. The molecule has 2 N–H and O–H groups in total.